The van der Waals surface area contributed by atoms with E-state index in [2.05, 4.69) is 0 Å². The van der Waals surface area contributed by atoms with Crippen LogP contribution in [0.4, 0.5) is 0 Å². The van der Waals surface area contributed by atoms with E-state index in [1.807, 2.05) is 0 Å². The van der Waals surface area contributed by atoms with E-state index in [-0.39, 0.29) is 35.9 Å². The Morgan fingerprint density at radius 3 is 1.00 bits per heavy atom. The van der Waals surface area contributed by atoms with Crippen molar-refractivity contribution < 1.29 is 32.9 Å². The molecule has 0 aromatic heterocycles. The number of carbonyl (C=O) groups excluding carboxylic acids is 3. The fraction of sp³-hybridized carbons (Fsp3) is 0.571. The molecule has 0 rings (SSSR count). The van der Waals surface area contributed by atoms with Crippen molar-refractivity contribution >= 4 is 17.3 Å². The summed E-state index contributed by atoms with van der Waals surface area (Å²) in [7, 11) is 0. The maximum Gasteiger partial charge on any atom is 0.147 e. The van der Waals surface area contributed by atoms with Crippen LogP contribution >= 0.6 is 0 Å². The molecule has 0 fully saturated rings. The number of ketones is 3. The molecule has 0 atom stereocenters. The molecule has 0 aliphatic carbocycles. The number of hydrogen-bond acceptors (Lipinski definition) is 3. The number of rotatable bonds is 3. The molecule has 1 radical (unpaired) electrons. The maximum atomic E-state index is 10.6. The van der Waals surface area contributed by atoms with Gasteiger partial charge in [0.05, 0.1) is 0 Å². The van der Waals surface area contributed by atoms with Crippen molar-refractivity contribution in [2.75, 3.05) is 0 Å². The Morgan fingerprint density at radius 2 is 1.00 bits per heavy atom. The van der Waals surface area contributed by atoms with Gasteiger partial charge in [-0.1, -0.05) is 0 Å². The first-order chi connectivity index (χ1) is 4.46. The molecule has 0 heterocycles. The minimum atomic E-state index is -1.03. The monoisotopic (exact) mass is 193 g/mol. The molecule has 61 valence electrons. The van der Waals surface area contributed by atoms with Gasteiger partial charge >= 0.3 is 0 Å². The van der Waals surface area contributed by atoms with Gasteiger partial charge in [-0.05, 0) is 20.8 Å². The van der Waals surface area contributed by atoms with E-state index in [9.17, 15) is 14.4 Å². The zero-order valence-corrected chi connectivity index (χ0v) is 8.15. The van der Waals surface area contributed by atoms with Crippen LogP contribution in [0.5, 0.6) is 0 Å². The second-order valence-corrected chi connectivity index (χ2v) is 2.26. The first kappa shape index (κ1) is 13.2. The van der Waals surface area contributed by atoms with Crippen LogP contribution in [0, 0.1) is 5.92 Å². The zero-order valence-electron chi connectivity index (χ0n) is 6.75. The fourth-order valence-electron chi connectivity index (χ4n) is 0.859. The first-order valence-corrected chi connectivity index (χ1v) is 2.98. The number of carbonyl (C=O) groups is 3. The van der Waals surface area contributed by atoms with E-state index < -0.39 is 5.92 Å². The molecule has 0 amide bonds. The summed E-state index contributed by atoms with van der Waals surface area (Å²) in [5, 5.41) is 0. The largest absolute Gasteiger partial charge is 0.299 e. The van der Waals surface area contributed by atoms with Crippen LogP contribution in [0.3, 0.4) is 0 Å². The van der Waals surface area contributed by atoms with Crippen molar-refractivity contribution in [3.8, 4) is 0 Å². The van der Waals surface area contributed by atoms with Crippen molar-refractivity contribution in [3.05, 3.63) is 0 Å². The molecular formula is C7H10O3V. The Kier molecular flexibility index (Phi) is 6.33. The minimum absolute atomic E-state index is 0. The van der Waals surface area contributed by atoms with Crippen LogP contribution in [-0.2, 0) is 32.9 Å². The third-order valence-electron chi connectivity index (χ3n) is 1.22. The zero-order chi connectivity index (χ0) is 8.31. The predicted octanol–water partition coefficient (Wildman–Crippen LogP) is 0.367. The average molecular weight is 193 g/mol. The molecule has 0 N–H and O–H groups in total. The van der Waals surface area contributed by atoms with Crippen molar-refractivity contribution in [3.63, 3.8) is 0 Å². The van der Waals surface area contributed by atoms with Gasteiger partial charge in [0.1, 0.15) is 23.3 Å². The van der Waals surface area contributed by atoms with E-state index in [1.165, 1.54) is 20.8 Å². The van der Waals surface area contributed by atoms with Crippen LogP contribution in [0.1, 0.15) is 20.8 Å². The third kappa shape index (κ3) is 4.12. The van der Waals surface area contributed by atoms with Crippen molar-refractivity contribution in [1.82, 2.24) is 0 Å². The maximum absolute atomic E-state index is 10.6. The van der Waals surface area contributed by atoms with E-state index in [1.54, 1.807) is 0 Å². The quantitative estimate of drug-likeness (QED) is 0.608. The Balaban J connectivity index is 0. The molecule has 0 saturated heterocycles. The molecule has 0 aliphatic rings. The fourth-order valence-corrected chi connectivity index (χ4v) is 0.859. The summed E-state index contributed by atoms with van der Waals surface area (Å²) in [6, 6.07) is 0. The van der Waals surface area contributed by atoms with Gasteiger partial charge in [-0.2, -0.15) is 0 Å². The summed E-state index contributed by atoms with van der Waals surface area (Å²) in [4.78, 5) is 31.8. The van der Waals surface area contributed by atoms with E-state index >= 15 is 0 Å². The van der Waals surface area contributed by atoms with Crippen LogP contribution < -0.4 is 0 Å². The molecular weight excluding hydrogens is 183 g/mol. The summed E-state index contributed by atoms with van der Waals surface area (Å²) in [6.07, 6.45) is 0. The Morgan fingerprint density at radius 1 is 0.818 bits per heavy atom. The van der Waals surface area contributed by atoms with Crippen molar-refractivity contribution in [2.45, 2.75) is 20.8 Å². The Bertz CT molecular complexity index is 153. The summed E-state index contributed by atoms with van der Waals surface area (Å²) in [5.41, 5.74) is 0. The Hall–Kier alpha value is -0.406. The minimum Gasteiger partial charge on any atom is -0.299 e. The average Bonchev–Trinajstić information content (AvgIpc) is 1.59. The van der Waals surface area contributed by atoms with Gasteiger partial charge in [0.25, 0.3) is 0 Å². The van der Waals surface area contributed by atoms with Gasteiger partial charge in [0.15, 0.2) is 0 Å². The Labute approximate surface area is 77.4 Å². The van der Waals surface area contributed by atoms with Gasteiger partial charge in [-0.15, -0.1) is 0 Å². The van der Waals surface area contributed by atoms with Crippen LogP contribution in [0.25, 0.3) is 0 Å². The van der Waals surface area contributed by atoms with Gasteiger partial charge in [-0.25, -0.2) is 0 Å². The smallest absolute Gasteiger partial charge is 0.147 e. The van der Waals surface area contributed by atoms with E-state index in [4.69, 9.17) is 0 Å². The van der Waals surface area contributed by atoms with Crippen molar-refractivity contribution in [1.29, 1.82) is 0 Å². The van der Waals surface area contributed by atoms with Crippen LogP contribution in [0.15, 0.2) is 0 Å². The van der Waals surface area contributed by atoms with Crippen LogP contribution in [0.2, 0.25) is 0 Å². The predicted molar refractivity (Wildman–Crippen MR) is 35.5 cm³/mol. The number of hydrogen-bond donors (Lipinski definition) is 0. The van der Waals surface area contributed by atoms with Crippen LogP contribution in [-0.4, -0.2) is 17.3 Å². The summed E-state index contributed by atoms with van der Waals surface area (Å²) in [5.74, 6) is -2.15. The molecule has 0 unspecified atom stereocenters. The molecule has 3 nitrogen and oxygen atoms in total. The van der Waals surface area contributed by atoms with E-state index in [0.29, 0.717) is 0 Å². The second kappa shape index (κ2) is 5.27. The van der Waals surface area contributed by atoms with E-state index in [0.717, 1.165) is 0 Å². The molecule has 0 aliphatic heterocycles. The molecule has 0 aromatic carbocycles. The molecule has 0 aromatic rings. The SMILES string of the molecule is CC(=O)C(C(C)=O)C(C)=O.[V]. The molecule has 11 heavy (non-hydrogen) atoms. The third-order valence-corrected chi connectivity index (χ3v) is 1.22. The summed E-state index contributed by atoms with van der Waals surface area (Å²) >= 11 is 0. The van der Waals surface area contributed by atoms with Gasteiger partial charge in [-0.3, -0.25) is 14.4 Å². The first-order valence-electron chi connectivity index (χ1n) is 2.98. The normalized spacial score (nSPS) is 8.73. The molecule has 0 saturated carbocycles. The summed E-state index contributed by atoms with van der Waals surface area (Å²) < 4.78 is 0. The van der Waals surface area contributed by atoms with Gasteiger partial charge in [0, 0.05) is 18.6 Å². The van der Waals surface area contributed by atoms with Crippen molar-refractivity contribution in [2.24, 2.45) is 5.92 Å². The topological polar surface area (TPSA) is 51.2 Å². The standard InChI is InChI=1S/C7H10O3.V/c1-4(8)7(5(2)9)6(3)10;/h7H,1-3H3;. The summed E-state index contributed by atoms with van der Waals surface area (Å²) in [6.45, 7) is 3.73. The van der Waals surface area contributed by atoms with Gasteiger partial charge in [0.2, 0.25) is 0 Å². The molecule has 0 spiro atoms. The van der Waals surface area contributed by atoms with Gasteiger partial charge < -0.3 is 0 Å². The number of Topliss-reactive ketones (excluding diaryl/α,β-unsaturated/α-hetero) is 3. The molecule has 0 bridgehead atoms. The second-order valence-electron chi connectivity index (χ2n) is 2.26. The molecule has 4 heteroatoms.